The summed E-state index contributed by atoms with van der Waals surface area (Å²) in [6.45, 7) is 0. The average Bonchev–Trinajstić information content (AvgIpc) is 1.00. The standard InChI is InChI=1S/Ce.Mn.Ni.O.Sn.Ti.2H. The van der Waals surface area contributed by atoms with Crippen LogP contribution < -0.4 is 0 Å². The third-order valence-corrected chi connectivity index (χ3v) is 0. The van der Waals surface area contributed by atoms with E-state index in [4.69, 9.17) is 3.32 Å². The topological polar surface area (TPSA) is 17.1 Å². The summed E-state index contributed by atoms with van der Waals surface area (Å²) in [7, 11) is 0. The van der Waals surface area contributed by atoms with E-state index in [9.17, 15) is 0 Å². The summed E-state index contributed by atoms with van der Waals surface area (Å²) >= 11 is 0.750. The Morgan fingerprint density at radius 2 is 1.17 bits per heavy atom. The van der Waals surface area contributed by atoms with Crippen molar-refractivity contribution in [1.82, 2.24) is 0 Å². The van der Waals surface area contributed by atoms with Crippen molar-refractivity contribution in [3.05, 3.63) is 0 Å². The van der Waals surface area contributed by atoms with Gasteiger partial charge in [0.25, 0.3) is 0 Å². The van der Waals surface area contributed by atoms with Crippen LogP contribution in [0.5, 0.6) is 0 Å². The van der Waals surface area contributed by atoms with Crippen LogP contribution in [-0.4, -0.2) is 23.9 Å². The SMILES string of the molecule is [Ce].[Mn].[Ni].[O]=[Ti].[SnH2]. The molecule has 0 aromatic rings. The predicted molar refractivity (Wildman–Crippen MR) is 9.23 cm³/mol. The molecule has 0 N–H and O–H groups in total. The van der Waals surface area contributed by atoms with Crippen molar-refractivity contribution in [2.24, 2.45) is 0 Å². The first-order valence-corrected chi connectivity index (χ1v) is 0.842. The molecule has 0 aromatic heterocycles. The van der Waals surface area contributed by atoms with Gasteiger partial charge in [0.05, 0.1) is 0 Å². The van der Waals surface area contributed by atoms with Crippen LogP contribution in [0.3, 0.4) is 0 Å². The van der Waals surface area contributed by atoms with Crippen molar-refractivity contribution in [3.8, 4) is 0 Å². The van der Waals surface area contributed by atoms with Gasteiger partial charge in [0, 0.05) is 75.3 Å². The monoisotopic (exact) mass is 439 g/mol. The van der Waals surface area contributed by atoms with E-state index in [0.29, 0.717) is 0 Å². The summed E-state index contributed by atoms with van der Waals surface area (Å²) in [5, 5.41) is 0. The van der Waals surface area contributed by atoms with E-state index in [0.717, 1.165) is 20.4 Å². The normalized spacial score (nSPS) is 0.500. The second-order valence-corrected chi connectivity index (χ2v) is 0. The molecule has 0 rings (SSSR count). The molecule has 0 aliphatic heterocycles. The second kappa shape index (κ2) is 37.7. The third kappa shape index (κ3) is 25.2. The first-order valence-electron chi connectivity index (χ1n) is 0.204. The van der Waals surface area contributed by atoms with Gasteiger partial charge in [-0.05, 0) is 0 Å². The van der Waals surface area contributed by atoms with Crippen molar-refractivity contribution in [2.45, 2.75) is 0 Å². The fraction of sp³-hybridized carbons (Fsp3) is 0. The van der Waals surface area contributed by atoms with E-state index >= 15 is 0 Å². The Labute approximate surface area is 120 Å². The molecule has 6 heavy (non-hydrogen) atoms. The molecule has 0 aliphatic carbocycles. The van der Waals surface area contributed by atoms with E-state index in [-0.39, 0.29) is 99.2 Å². The van der Waals surface area contributed by atoms with Crippen LogP contribution in [0, 0.1) is 41.7 Å². The molecule has 0 saturated carbocycles. The molecule has 37 valence electrons. The Bertz CT molecular complexity index is 15.5. The summed E-state index contributed by atoms with van der Waals surface area (Å²) in [5.74, 6) is 0. The molecule has 0 bridgehead atoms. The van der Waals surface area contributed by atoms with Crippen LogP contribution in [0.2, 0.25) is 0 Å². The first kappa shape index (κ1) is 33.2. The van der Waals surface area contributed by atoms with Crippen LogP contribution in [0.4, 0.5) is 0 Å². The zero-order valence-electron chi connectivity index (χ0n) is 2.81. The molecule has 0 fully saturated rings. The van der Waals surface area contributed by atoms with Crippen molar-refractivity contribution < 1.29 is 99.0 Å². The number of hydrogen-bond donors (Lipinski definition) is 0. The fourth-order valence-corrected chi connectivity index (χ4v) is 0. The van der Waals surface area contributed by atoms with Crippen LogP contribution >= 0.6 is 0 Å². The van der Waals surface area contributed by atoms with Crippen molar-refractivity contribution >= 4 is 23.9 Å². The van der Waals surface area contributed by atoms with Gasteiger partial charge in [-0.1, -0.05) is 0 Å². The first-order chi connectivity index (χ1) is 1.00. The van der Waals surface area contributed by atoms with Gasteiger partial charge in [0.1, 0.15) is 0 Å². The van der Waals surface area contributed by atoms with Crippen LogP contribution in [-0.2, 0) is 57.3 Å². The molecule has 3 radical (unpaired) electrons. The molecule has 0 aromatic carbocycles. The summed E-state index contributed by atoms with van der Waals surface area (Å²) in [5.41, 5.74) is 0. The van der Waals surface area contributed by atoms with E-state index in [1.165, 1.54) is 0 Å². The van der Waals surface area contributed by atoms with E-state index in [2.05, 4.69) is 0 Å². The maximum absolute atomic E-state index is 8.25. The molecule has 6 heteroatoms. The van der Waals surface area contributed by atoms with Gasteiger partial charge in [-0.25, -0.2) is 0 Å². The molecular weight excluding hydrogens is 436 g/mol. The molecule has 0 amide bonds. The number of hydrogen-bond acceptors (Lipinski definition) is 1. The van der Waals surface area contributed by atoms with E-state index < -0.39 is 0 Å². The molecule has 0 unspecified atom stereocenters. The Morgan fingerprint density at radius 1 is 1.17 bits per heavy atom. The summed E-state index contributed by atoms with van der Waals surface area (Å²) in [4.78, 5) is 0. The Hall–Kier alpha value is 3.70. The van der Waals surface area contributed by atoms with Gasteiger partial charge < -0.3 is 0 Å². The van der Waals surface area contributed by atoms with Gasteiger partial charge in [-0.2, -0.15) is 0 Å². The van der Waals surface area contributed by atoms with Gasteiger partial charge >= 0.3 is 47.6 Å². The van der Waals surface area contributed by atoms with Crippen molar-refractivity contribution in [2.75, 3.05) is 0 Å². The zero-order valence-corrected chi connectivity index (χ0v) is 13.7. The Kier molecular flexibility index (Phi) is 209. The second-order valence-electron chi connectivity index (χ2n) is 0. The quantitative estimate of drug-likeness (QED) is 0.442. The predicted octanol–water partition coefficient (Wildman–Crippen LogP) is -1.04. The minimum absolute atomic E-state index is 0. The summed E-state index contributed by atoms with van der Waals surface area (Å²) in [6, 6.07) is 0. The Balaban J connectivity index is -0.000000000833. The van der Waals surface area contributed by atoms with Gasteiger partial charge in [0.15, 0.2) is 0 Å². The summed E-state index contributed by atoms with van der Waals surface area (Å²) in [6.07, 6.45) is 0. The number of rotatable bonds is 0. The zero-order chi connectivity index (χ0) is 2.00. The van der Waals surface area contributed by atoms with Gasteiger partial charge in [-0.15, -0.1) is 0 Å². The third-order valence-electron chi connectivity index (χ3n) is 0. The minimum atomic E-state index is 0. The van der Waals surface area contributed by atoms with E-state index in [1.807, 2.05) is 0 Å². The molecule has 0 atom stereocenters. The molecule has 0 saturated heterocycles. The Morgan fingerprint density at radius 3 is 1.17 bits per heavy atom. The van der Waals surface area contributed by atoms with Crippen molar-refractivity contribution in [3.63, 3.8) is 0 Å². The van der Waals surface area contributed by atoms with Crippen LogP contribution in [0.15, 0.2) is 0 Å². The molecule has 0 heterocycles. The molecule has 1 nitrogen and oxygen atoms in total. The molecular formula is H2CeMnNiOSnTi. The van der Waals surface area contributed by atoms with Crippen molar-refractivity contribution in [1.29, 1.82) is 0 Å². The summed E-state index contributed by atoms with van der Waals surface area (Å²) < 4.78 is 8.25. The maximum atomic E-state index is 8.25. The van der Waals surface area contributed by atoms with Gasteiger partial charge in [0.2, 0.25) is 0 Å². The fourth-order valence-electron chi connectivity index (χ4n) is 0. The van der Waals surface area contributed by atoms with E-state index in [1.54, 1.807) is 0 Å². The average molecular weight is 438 g/mol. The van der Waals surface area contributed by atoms with Crippen LogP contribution in [0.1, 0.15) is 0 Å². The molecule has 0 aliphatic rings. The van der Waals surface area contributed by atoms with Gasteiger partial charge in [-0.3, -0.25) is 0 Å². The van der Waals surface area contributed by atoms with Crippen LogP contribution in [0.25, 0.3) is 0 Å². The molecule has 0 spiro atoms.